The molecule has 0 aliphatic carbocycles. The first-order chi connectivity index (χ1) is 8.16. The standard InChI is InChI=1S/C14H29N3/c1-12-11-17(10-7-14(12)15)9-6-13-5-3-4-8-16(13)2/h12-14H,3-11,15H2,1-2H3. The van der Waals surface area contributed by atoms with E-state index in [4.69, 9.17) is 5.73 Å². The Morgan fingerprint density at radius 2 is 2.00 bits per heavy atom. The number of nitrogens with two attached hydrogens (primary N) is 1. The number of rotatable bonds is 3. The van der Waals surface area contributed by atoms with Crippen LogP contribution in [0.15, 0.2) is 0 Å². The van der Waals surface area contributed by atoms with E-state index in [0.717, 1.165) is 6.04 Å². The normalized spacial score (nSPS) is 37.2. The van der Waals surface area contributed by atoms with E-state index in [9.17, 15) is 0 Å². The van der Waals surface area contributed by atoms with Gasteiger partial charge < -0.3 is 15.5 Å². The average molecular weight is 239 g/mol. The van der Waals surface area contributed by atoms with Crippen molar-refractivity contribution in [3.05, 3.63) is 0 Å². The van der Waals surface area contributed by atoms with Gasteiger partial charge >= 0.3 is 0 Å². The molecule has 2 fully saturated rings. The summed E-state index contributed by atoms with van der Waals surface area (Å²) in [6.45, 7) is 7.28. The van der Waals surface area contributed by atoms with Gasteiger partial charge in [0.2, 0.25) is 0 Å². The number of hydrogen-bond acceptors (Lipinski definition) is 3. The maximum atomic E-state index is 6.07. The first kappa shape index (κ1) is 13.3. The van der Waals surface area contributed by atoms with Crippen LogP contribution in [0.3, 0.4) is 0 Å². The summed E-state index contributed by atoms with van der Waals surface area (Å²) in [6.07, 6.45) is 6.75. The van der Waals surface area contributed by atoms with Crippen LogP contribution >= 0.6 is 0 Å². The second-order valence-corrected chi connectivity index (χ2v) is 6.15. The average Bonchev–Trinajstić information content (AvgIpc) is 2.32. The molecule has 100 valence electrons. The first-order valence-electron chi connectivity index (χ1n) is 7.35. The van der Waals surface area contributed by atoms with Crippen LogP contribution < -0.4 is 5.73 Å². The van der Waals surface area contributed by atoms with Crippen molar-refractivity contribution in [3.8, 4) is 0 Å². The van der Waals surface area contributed by atoms with E-state index in [1.165, 1.54) is 58.3 Å². The molecule has 0 aromatic heterocycles. The summed E-state index contributed by atoms with van der Waals surface area (Å²) < 4.78 is 0. The van der Waals surface area contributed by atoms with Crippen molar-refractivity contribution in [1.82, 2.24) is 9.80 Å². The minimum Gasteiger partial charge on any atom is -0.327 e. The molecule has 3 heteroatoms. The van der Waals surface area contributed by atoms with Gasteiger partial charge in [0.05, 0.1) is 0 Å². The Labute approximate surface area is 106 Å². The third-order valence-corrected chi connectivity index (χ3v) is 4.76. The fourth-order valence-corrected chi connectivity index (χ4v) is 3.29. The molecule has 3 nitrogen and oxygen atoms in total. The molecule has 2 saturated heterocycles. The summed E-state index contributed by atoms with van der Waals surface area (Å²) in [7, 11) is 2.29. The Morgan fingerprint density at radius 1 is 1.18 bits per heavy atom. The minimum absolute atomic E-state index is 0.434. The number of likely N-dealkylation sites (tertiary alicyclic amines) is 2. The highest BCUT2D eigenvalue weighted by atomic mass is 15.2. The van der Waals surface area contributed by atoms with Gasteiger partial charge in [0.1, 0.15) is 0 Å². The van der Waals surface area contributed by atoms with Gasteiger partial charge in [-0.1, -0.05) is 13.3 Å². The summed E-state index contributed by atoms with van der Waals surface area (Å²) in [6, 6.07) is 1.26. The first-order valence-corrected chi connectivity index (χ1v) is 7.35. The van der Waals surface area contributed by atoms with E-state index in [1.54, 1.807) is 0 Å². The van der Waals surface area contributed by atoms with Crippen LogP contribution in [0, 0.1) is 5.92 Å². The molecule has 2 N–H and O–H groups in total. The predicted octanol–water partition coefficient (Wildman–Crippen LogP) is 1.53. The molecule has 0 bridgehead atoms. The molecular weight excluding hydrogens is 210 g/mol. The van der Waals surface area contributed by atoms with Gasteiger partial charge in [0, 0.05) is 18.6 Å². The second kappa shape index (κ2) is 6.17. The molecule has 3 atom stereocenters. The highest BCUT2D eigenvalue weighted by Gasteiger charge is 2.24. The van der Waals surface area contributed by atoms with Crippen molar-refractivity contribution < 1.29 is 0 Å². The molecule has 2 aliphatic rings. The molecule has 2 aliphatic heterocycles. The third kappa shape index (κ3) is 3.67. The van der Waals surface area contributed by atoms with Crippen LogP contribution in [0.5, 0.6) is 0 Å². The van der Waals surface area contributed by atoms with Gasteiger partial charge in [-0.2, -0.15) is 0 Å². The zero-order valence-corrected chi connectivity index (χ0v) is 11.6. The molecule has 0 aromatic rings. The van der Waals surface area contributed by atoms with E-state index in [2.05, 4.69) is 23.8 Å². The lowest BCUT2D eigenvalue weighted by molar-refractivity contribution is 0.125. The molecule has 0 spiro atoms. The fraction of sp³-hybridized carbons (Fsp3) is 1.00. The smallest absolute Gasteiger partial charge is 0.0104 e. The van der Waals surface area contributed by atoms with E-state index >= 15 is 0 Å². The topological polar surface area (TPSA) is 32.5 Å². The monoisotopic (exact) mass is 239 g/mol. The van der Waals surface area contributed by atoms with Crippen molar-refractivity contribution in [2.24, 2.45) is 11.7 Å². The Hall–Kier alpha value is -0.120. The molecule has 0 radical (unpaired) electrons. The third-order valence-electron chi connectivity index (χ3n) is 4.76. The largest absolute Gasteiger partial charge is 0.327 e. The summed E-state index contributed by atoms with van der Waals surface area (Å²) in [4.78, 5) is 5.18. The molecule has 2 heterocycles. The molecule has 0 aromatic carbocycles. The fourth-order valence-electron chi connectivity index (χ4n) is 3.29. The summed E-state index contributed by atoms with van der Waals surface area (Å²) >= 11 is 0. The Kier molecular flexibility index (Phi) is 4.83. The summed E-state index contributed by atoms with van der Waals surface area (Å²) in [5.74, 6) is 0.674. The quantitative estimate of drug-likeness (QED) is 0.811. The van der Waals surface area contributed by atoms with Gasteiger partial charge in [-0.15, -0.1) is 0 Å². The van der Waals surface area contributed by atoms with E-state index in [1.807, 2.05) is 0 Å². The van der Waals surface area contributed by atoms with E-state index in [-0.39, 0.29) is 0 Å². The number of hydrogen-bond donors (Lipinski definition) is 1. The van der Waals surface area contributed by atoms with Crippen LogP contribution in [0.4, 0.5) is 0 Å². The van der Waals surface area contributed by atoms with Crippen molar-refractivity contribution in [2.75, 3.05) is 33.2 Å². The van der Waals surface area contributed by atoms with Gasteiger partial charge in [-0.3, -0.25) is 0 Å². The summed E-state index contributed by atoms with van der Waals surface area (Å²) in [5.41, 5.74) is 6.07. The zero-order chi connectivity index (χ0) is 12.3. The van der Waals surface area contributed by atoms with Crippen LogP contribution in [0.25, 0.3) is 0 Å². The van der Waals surface area contributed by atoms with Gasteiger partial charge in [-0.25, -0.2) is 0 Å². The minimum atomic E-state index is 0.434. The van der Waals surface area contributed by atoms with Crippen molar-refractivity contribution in [1.29, 1.82) is 0 Å². The lowest BCUT2D eigenvalue weighted by atomic mass is 9.94. The number of piperidine rings is 2. The lowest BCUT2D eigenvalue weighted by Crippen LogP contribution is -2.47. The van der Waals surface area contributed by atoms with Gasteiger partial charge in [0.25, 0.3) is 0 Å². The van der Waals surface area contributed by atoms with Crippen molar-refractivity contribution in [3.63, 3.8) is 0 Å². The highest BCUT2D eigenvalue weighted by Crippen LogP contribution is 2.20. The molecular formula is C14H29N3. The maximum Gasteiger partial charge on any atom is 0.0104 e. The number of nitrogens with zero attached hydrogens (tertiary/aromatic N) is 2. The van der Waals surface area contributed by atoms with Gasteiger partial charge in [-0.05, 0) is 58.3 Å². The SMILES string of the molecule is CC1CN(CCC2CCCCN2C)CCC1N. The molecule has 17 heavy (non-hydrogen) atoms. The van der Waals surface area contributed by atoms with Crippen molar-refractivity contribution in [2.45, 2.75) is 51.1 Å². The van der Waals surface area contributed by atoms with E-state index < -0.39 is 0 Å². The maximum absolute atomic E-state index is 6.07. The van der Waals surface area contributed by atoms with Crippen LogP contribution in [-0.2, 0) is 0 Å². The molecule has 0 saturated carbocycles. The van der Waals surface area contributed by atoms with Crippen LogP contribution in [0.2, 0.25) is 0 Å². The lowest BCUT2D eigenvalue weighted by Gasteiger charge is -2.38. The molecule has 0 amide bonds. The molecule has 2 rings (SSSR count). The zero-order valence-electron chi connectivity index (χ0n) is 11.6. The molecule has 3 unspecified atom stereocenters. The van der Waals surface area contributed by atoms with Crippen LogP contribution in [0.1, 0.15) is 39.0 Å². The van der Waals surface area contributed by atoms with Crippen molar-refractivity contribution >= 4 is 0 Å². The summed E-state index contributed by atoms with van der Waals surface area (Å²) in [5, 5.41) is 0. The Balaban J connectivity index is 1.71. The second-order valence-electron chi connectivity index (χ2n) is 6.15. The Morgan fingerprint density at radius 3 is 2.71 bits per heavy atom. The predicted molar refractivity (Wildman–Crippen MR) is 73.1 cm³/mol. The highest BCUT2D eigenvalue weighted by molar-refractivity contribution is 4.82. The van der Waals surface area contributed by atoms with Crippen LogP contribution in [-0.4, -0.2) is 55.1 Å². The van der Waals surface area contributed by atoms with Gasteiger partial charge in [0.15, 0.2) is 0 Å². The van der Waals surface area contributed by atoms with E-state index in [0.29, 0.717) is 12.0 Å². The Bertz CT molecular complexity index is 232.